The van der Waals surface area contributed by atoms with Gasteiger partial charge in [0.15, 0.2) is 0 Å². The molecule has 0 atom stereocenters. The smallest absolute Gasteiger partial charge is 0.142 e. The van der Waals surface area contributed by atoms with Crippen molar-refractivity contribution in [2.45, 2.75) is 6.92 Å². The van der Waals surface area contributed by atoms with E-state index in [2.05, 4.69) is 0 Å². The van der Waals surface area contributed by atoms with E-state index in [9.17, 15) is 0 Å². The number of benzene rings is 2. The van der Waals surface area contributed by atoms with Gasteiger partial charge in [-0.3, -0.25) is 0 Å². The zero-order valence-electron chi connectivity index (χ0n) is 9.81. The minimum absolute atomic E-state index is 0.602. The number of hydrogen-bond acceptors (Lipinski definition) is 3. The molecule has 2 aromatic rings. The van der Waals surface area contributed by atoms with Crippen molar-refractivity contribution < 1.29 is 4.74 Å². The Bertz CT molecular complexity index is 523. The fourth-order valence-electron chi connectivity index (χ4n) is 1.78. The molecule has 0 aromatic heterocycles. The van der Waals surface area contributed by atoms with Gasteiger partial charge in [0, 0.05) is 11.3 Å². The largest absolute Gasteiger partial charge is 0.492 e. The summed E-state index contributed by atoms with van der Waals surface area (Å²) < 4.78 is 5.47. The molecule has 3 heteroatoms. The van der Waals surface area contributed by atoms with Crippen molar-refractivity contribution in [2.24, 2.45) is 0 Å². The van der Waals surface area contributed by atoms with E-state index in [1.807, 2.05) is 49.4 Å². The zero-order chi connectivity index (χ0) is 12.3. The maximum Gasteiger partial charge on any atom is 0.142 e. The number of anilines is 2. The van der Waals surface area contributed by atoms with Crippen LogP contribution in [0.4, 0.5) is 11.4 Å². The summed E-state index contributed by atoms with van der Waals surface area (Å²) in [5.41, 5.74) is 15.2. The Balaban J connectivity index is 2.49. The summed E-state index contributed by atoms with van der Waals surface area (Å²) >= 11 is 0. The molecule has 0 fully saturated rings. The van der Waals surface area contributed by atoms with Gasteiger partial charge >= 0.3 is 0 Å². The van der Waals surface area contributed by atoms with Crippen LogP contribution >= 0.6 is 0 Å². The fraction of sp³-hybridized carbons (Fsp3) is 0.143. The lowest BCUT2D eigenvalue weighted by molar-refractivity contribution is 0.342. The van der Waals surface area contributed by atoms with Gasteiger partial charge < -0.3 is 16.2 Å². The molecule has 88 valence electrons. The summed E-state index contributed by atoms with van der Waals surface area (Å²) in [4.78, 5) is 0. The molecule has 17 heavy (non-hydrogen) atoms. The average molecular weight is 228 g/mol. The Morgan fingerprint density at radius 1 is 1.06 bits per heavy atom. The minimum atomic E-state index is 0.602. The van der Waals surface area contributed by atoms with Crippen molar-refractivity contribution in [3.8, 4) is 16.9 Å². The van der Waals surface area contributed by atoms with Crippen molar-refractivity contribution in [1.29, 1.82) is 0 Å². The number of nitrogens with two attached hydrogens (primary N) is 2. The second-order valence-electron chi connectivity index (χ2n) is 3.78. The second-order valence-corrected chi connectivity index (χ2v) is 3.78. The van der Waals surface area contributed by atoms with Crippen molar-refractivity contribution in [3.63, 3.8) is 0 Å². The molecule has 0 saturated heterocycles. The monoisotopic (exact) mass is 228 g/mol. The molecule has 0 unspecified atom stereocenters. The summed E-state index contributed by atoms with van der Waals surface area (Å²) in [5, 5.41) is 0. The summed E-state index contributed by atoms with van der Waals surface area (Å²) in [6, 6.07) is 13.4. The first-order valence-electron chi connectivity index (χ1n) is 5.59. The Hall–Kier alpha value is -2.16. The van der Waals surface area contributed by atoms with E-state index < -0.39 is 0 Å². The first kappa shape index (κ1) is 11.3. The topological polar surface area (TPSA) is 61.3 Å². The van der Waals surface area contributed by atoms with Crippen molar-refractivity contribution in [2.75, 3.05) is 18.1 Å². The van der Waals surface area contributed by atoms with Crippen molar-refractivity contribution in [1.82, 2.24) is 0 Å². The van der Waals surface area contributed by atoms with E-state index >= 15 is 0 Å². The minimum Gasteiger partial charge on any atom is -0.492 e. The molecule has 3 nitrogen and oxygen atoms in total. The molecule has 4 N–H and O–H groups in total. The second kappa shape index (κ2) is 4.78. The first-order chi connectivity index (χ1) is 8.22. The molecule has 0 heterocycles. The third-order valence-electron chi connectivity index (χ3n) is 2.56. The number of nitrogen functional groups attached to an aromatic ring is 2. The van der Waals surface area contributed by atoms with Crippen LogP contribution in [-0.4, -0.2) is 6.61 Å². The highest BCUT2D eigenvalue weighted by Crippen LogP contribution is 2.33. The number of rotatable bonds is 3. The standard InChI is InChI=1S/C14H16N2O/c1-2-17-13-8-4-7-12(14(13)16)10-5-3-6-11(15)9-10/h3-9H,2,15-16H2,1H3. The molecule has 0 spiro atoms. The van der Waals surface area contributed by atoms with Gasteiger partial charge in [0.2, 0.25) is 0 Å². The molecule has 0 aliphatic rings. The Kier molecular flexibility index (Phi) is 3.19. The average Bonchev–Trinajstić information content (AvgIpc) is 2.32. The summed E-state index contributed by atoms with van der Waals surface area (Å²) in [7, 11) is 0. The van der Waals surface area contributed by atoms with Gasteiger partial charge in [0.1, 0.15) is 5.75 Å². The predicted molar refractivity (Wildman–Crippen MR) is 71.9 cm³/mol. The normalized spacial score (nSPS) is 10.2. The van der Waals surface area contributed by atoms with Gasteiger partial charge in [0.25, 0.3) is 0 Å². The van der Waals surface area contributed by atoms with Gasteiger partial charge in [-0.25, -0.2) is 0 Å². The van der Waals surface area contributed by atoms with Crippen LogP contribution in [-0.2, 0) is 0 Å². The van der Waals surface area contributed by atoms with Crippen LogP contribution < -0.4 is 16.2 Å². The lowest BCUT2D eigenvalue weighted by atomic mass is 10.0. The van der Waals surface area contributed by atoms with Gasteiger partial charge in [-0.2, -0.15) is 0 Å². The Morgan fingerprint density at radius 3 is 2.53 bits per heavy atom. The Labute approximate surface area is 101 Å². The van der Waals surface area contributed by atoms with E-state index in [4.69, 9.17) is 16.2 Å². The van der Waals surface area contributed by atoms with Gasteiger partial charge in [-0.1, -0.05) is 24.3 Å². The van der Waals surface area contributed by atoms with Crippen LogP contribution in [0.5, 0.6) is 5.75 Å². The van der Waals surface area contributed by atoms with Crippen LogP contribution in [0.2, 0.25) is 0 Å². The van der Waals surface area contributed by atoms with Crippen LogP contribution in [0.3, 0.4) is 0 Å². The summed E-state index contributed by atoms with van der Waals surface area (Å²) in [5.74, 6) is 0.715. The van der Waals surface area contributed by atoms with E-state index in [1.165, 1.54) is 0 Å². The third kappa shape index (κ3) is 2.33. The van der Waals surface area contributed by atoms with E-state index in [0.29, 0.717) is 18.0 Å². The third-order valence-corrected chi connectivity index (χ3v) is 2.56. The molecule has 0 aliphatic carbocycles. The van der Waals surface area contributed by atoms with Gasteiger partial charge in [0.05, 0.1) is 12.3 Å². The fourth-order valence-corrected chi connectivity index (χ4v) is 1.78. The molecule has 0 saturated carbocycles. The first-order valence-corrected chi connectivity index (χ1v) is 5.59. The maximum atomic E-state index is 6.09. The van der Waals surface area contributed by atoms with Crippen molar-refractivity contribution >= 4 is 11.4 Å². The van der Waals surface area contributed by atoms with Crippen LogP contribution in [0.1, 0.15) is 6.92 Å². The van der Waals surface area contributed by atoms with Gasteiger partial charge in [-0.05, 0) is 30.7 Å². The lowest BCUT2D eigenvalue weighted by Gasteiger charge is -2.11. The van der Waals surface area contributed by atoms with E-state index in [-0.39, 0.29) is 0 Å². The molecular weight excluding hydrogens is 212 g/mol. The van der Waals surface area contributed by atoms with E-state index in [0.717, 1.165) is 16.8 Å². The van der Waals surface area contributed by atoms with Crippen LogP contribution in [0.15, 0.2) is 42.5 Å². The lowest BCUT2D eigenvalue weighted by Crippen LogP contribution is -1.98. The Morgan fingerprint density at radius 2 is 1.82 bits per heavy atom. The molecule has 0 radical (unpaired) electrons. The molecular formula is C14H16N2O. The quantitative estimate of drug-likeness (QED) is 0.794. The number of ether oxygens (including phenoxy) is 1. The predicted octanol–water partition coefficient (Wildman–Crippen LogP) is 2.92. The van der Waals surface area contributed by atoms with Gasteiger partial charge in [-0.15, -0.1) is 0 Å². The molecule has 0 amide bonds. The summed E-state index contributed by atoms with van der Waals surface area (Å²) in [6.07, 6.45) is 0. The molecule has 0 aliphatic heterocycles. The molecule has 2 aromatic carbocycles. The SMILES string of the molecule is CCOc1cccc(-c2cccc(N)c2)c1N. The summed E-state index contributed by atoms with van der Waals surface area (Å²) in [6.45, 7) is 2.54. The van der Waals surface area contributed by atoms with Crippen LogP contribution in [0.25, 0.3) is 11.1 Å². The molecule has 0 bridgehead atoms. The van der Waals surface area contributed by atoms with Crippen molar-refractivity contribution in [3.05, 3.63) is 42.5 Å². The maximum absolute atomic E-state index is 6.09. The molecule has 2 rings (SSSR count). The zero-order valence-corrected chi connectivity index (χ0v) is 9.81. The highest BCUT2D eigenvalue weighted by atomic mass is 16.5. The highest BCUT2D eigenvalue weighted by molar-refractivity contribution is 5.81. The van der Waals surface area contributed by atoms with E-state index in [1.54, 1.807) is 0 Å². The highest BCUT2D eigenvalue weighted by Gasteiger charge is 2.07. The van der Waals surface area contributed by atoms with Crippen LogP contribution in [0, 0.1) is 0 Å². The number of hydrogen-bond donors (Lipinski definition) is 2. The number of para-hydroxylation sites is 1.